The molecule has 4 rings (SSSR count). The Morgan fingerprint density at radius 1 is 0.977 bits per heavy atom. The highest BCUT2D eigenvalue weighted by Gasteiger charge is 2.27. The van der Waals surface area contributed by atoms with E-state index in [1.807, 2.05) is 51.1 Å². The largest absolute Gasteiger partial charge is 0.548 e. The van der Waals surface area contributed by atoms with E-state index in [0.717, 1.165) is 24.2 Å². The Bertz CT molecular complexity index is 1450. The number of anilines is 1. The van der Waals surface area contributed by atoms with Crippen molar-refractivity contribution >= 4 is 46.9 Å². The van der Waals surface area contributed by atoms with Gasteiger partial charge in [0.2, 0.25) is 0 Å². The van der Waals surface area contributed by atoms with Crippen LogP contribution in [0.4, 0.5) is 10.5 Å². The fraction of sp³-hybridized carbons (Fsp3) is 0.364. The van der Waals surface area contributed by atoms with Crippen molar-refractivity contribution in [1.29, 1.82) is 0 Å². The Balaban J connectivity index is 1.35. The number of nitrogens with one attached hydrogen (secondary N) is 1. The van der Waals surface area contributed by atoms with Crippen molar-refractivity contribution in [2.45, 2.75) is 58.4 Å². The molecule has 0 radical (unpaired) electrons. The summed E-state index contributed by atoms with van der Waals surface area (Å²) < 4.78 is 11.6. The normalized spacial score (nSPS) is 13.7. The van der Waals surface area contributed by atoms with Crippen LogP contribution in [0, 0.1) is 0 Å². The van der Waals surface area contributed by atoms with Gasteiger partial charge in [0.05, 0.1) is 12.5 Å². The SMILES string of the molecule is CC(C)(C)OC(=O)N1CCC(Oc2ccc(CNc3cccc(Cl)c3CN(CC(=O)[O-])C(=O)c3ccc(Cl)cc3)cc2)CC1. The van der Waals surface area contributed by atoms with E-state index in [1.165, 1.54) is 4.90 Å². The Morgan fingerprint density at radius 3 is 2.25 bits per heavy atom. The molecule has 9 nitrogen and oxygen atoms in total. The molecular weight excluding hydrogens is 605 g/mol. The first kappa shape index (κ1) is 33.0. The van der Waals surface area contributed by atoms with E-state index in [-0.39, 0.29) is 18.7 Å². The second-order valence-corrected chi connectivity index (χ2v) is 12.4. The third-order valence-electron chi connectivity index (χ3n) is 6.97. The van der Waals surface area contributed by atoms with Crippen LogP contribution in [0.2, 0.25) is 10.0 Å². The van der Waals surface area contributed by atoms with E-state index >= 15 is 0 Å². The summed E-state index contributed by atoms with van der Waals surface area (Å²) in [5.74, 6) is -1.13. The van der Waals surface area contributed by atoms with Crippen LogP contribution < -0.4 is 15.2 Å². The topological polar surface area (TPSA) is 111 Å². The predicted octanol–water partition coefficient (Wildman–Crippen LogP) is 5.78. The summed E-state index contributed by atoms with van der Waals surface area (Å²) in [7, 11) is 0. The van der Waals surface area contributed by atoms with Crippen LogP contribution in [0.5, 0.6) is 5.75 Å². The maximum Gasteiger partial charge on any atom is 0.410 e. The van der Waals surface area contributed by atoms with Crippen molar-refractivity contribution < 1.29 is 29.0 Å². The van der Waals surface area contributed by atoms with Gasteiger partial charge in [-0.1, -0.05) is 41.4 Å². The van der Waals surface area contributed by atoms with E-state index in [2.05, 4.69) is 5.32 Å². The summed E-state index contributed by atoms with van der Waals surface area (Å²) in [4.78, 5) is 39.9. The summed E-state index contributed by atoms with van der Waals surface area (Å²) in [5.41, 5.74) is 2.00. The molecule has 11 heteroatoms. The van der Waals surface area contributed by atoms with Crippen LogP contribution in [-0.4, -0.2) is 59.1 Å². The Kier molecular flexibility index (Phi) is 11.0. The molecule has 0 atom stereocenters. The summed E-state index contributed by atoms with van der Waals surface area (Å²) >= 11 is 12.5. The number of aliphatic carboxylic acids is 1. The van der Waals surface area contributed by atoms with Gasteiger partial charge in [-0.3, -0.25) is 4.79 Å². The first-order chi connectivity index (χ1) is 20.9. The molecular formula is C33H36Cl2N3O6-. The lowest BCUT2D eigenvalue weighted by atomic mass is 10.1. The number of likely N-dealkylation sites (tertiary alicyclic amines) is 1. The van der Waals surface area contributed by atoms with Crippen LogP contribution in [0.15, 0.2) is 66.7 Å². The molecule has 1 N–H and O–H groups in total. The number of ether oxygens (including phenoxy) is 2. The number of amides is 2. The molecule has 3 aromatic rings. The minimum absolute atomic E-state index is 0.00575. The van der Waals surface area contributed by atoms with E-state index in [0.29, 0.717) is 46.5 Å². The van der Waals surface area contributed by atoms with Crippen LogP contribution >= 0.6 is 23.2 Å². The summed E-state index contributed by atoms with van der Waals surface area (Å²) in [6, 6.07) is 19.2. The number of hydrogen-bond donors (Lipinski definition) is 1. The molecule has 0 aliphatic carbocycles. The number of carboxylic acids is 1. The maximum absolute atomic E-state index is 13.2. The number of nitrogens with zero attached hydrogens (tertiary/aromatic N) is 2. The summed E-state index contributed by atoms with van der Waals surface area (Å²) in [5, 5.41) is 15.7. The van der Waals surface area contributed by atoms with Gasteiger partial charge >= 0.3 is 6.09 Å². The van der Waals surface area contributed by atoms with Gasteiger partial charge in [0.25, 0.3) is 5.91 Å². The monoisotopic (exact) mass is 640 g/mol. The van der Waals surface area contributed by atoms with Gasteiger partial charge in [0.15, 0.2) is 0 Å². The molecule has 44 heavy (non-hydrogen) atoms. The van der Waals surface area contributed by atoms with Gasteiger partial charge in [-0.05, 0) is 74.9 Å². The zero-order valence-corrected chi connectivity index (χ0v) is 26.5. The first-order valence-corrected chi connectivity index (χ1v) is 15.1. The third kappa shape index (κ3) is 9.53. The average Bonchev–Trinajstić information content (AvgIpc) is 2.97. The van der Waals surface area contributed by atoms with E-state index < -0.39 is 24.0 Å². The van der Waals surface area contributed by atoms with E-state index in [1.54, 1.807) is 41.3 Å². The fourth-order valence-electron chi connectivity index (χ4n) is 4.76. The van der Waals surface area contributed by atoms with Gasteiger partial charge in [0, 0.05) is 65.9 Å². The van der Waals surface area contributed by atoms with Crippen molar-refractivity contribution in [3.8, 4) is 5.75 Å². The Hall–Kier alpha value is -3.95. The van der Waals surface area contributed by atoms with Crippen molar-refractivity contribution in [3.05, 3.63) is 93.5 Å². The second-order valence-electron chi connectivity index (χ2n) is 11.6. The number of rotatable bonds is 10. The number of halogens is 2. The molecule has 1 aliphatic heterocycles. The Morgan fingerprint density at radius 2 is 1.64 bits per heavy atom. The zero-order valence-electron chi connectivity index (χ0n) is 25.0. The summed E-state index contributed by atoms with van der Waals surface area (Å²) in [6.45, 7) is 6.53. The highest BCUT2D eigenvalue weighted by molar-refractivity contribution is 6.31. The lowest BCUT2D eigenvalue weighted by Gasteiger charge is -2.33. The first-order valence-electron chi connectivity index (χ1n) is 14.4. The lowest BCUT2D eigenvalue weighted by Crippen LogP contribution is -2.44. The number of carbonyl (C=O) groups is 3. The number of piperidine rings is 1. The van der Waals surface area contributed by atoms with Gasteiger partial charge in [-0.2, -0.15) is 0 Å². The van der Waals surface area contributed by atoms with Crippen LogP contribution in [-0.2, 0) is 22.6 Å². The van der Waals surface area contributed by atoms with Gasteiger partial charge in [-0.25, -0.2) is 4.79 Å². The fourth-order valence-corrected chi connectivity index (χ4v) is 5.12. The molecule has 1 saturated heterocycles. The van der Waals surface area contributed by atoms with Crippen LogP contribution in [0.3, 0.4) is 0 Å². The highest BCUT2D eigenvalue weighted by atomic mass is 35.5. The highest BCUT2D eigenvalue weighted by Crippen LogP contribution is 2.28. The van der Waals surface area contributed by atoms with Gasteiger partial charge < -0.3 is 34.5 Å². The molecule has 234 valence electrons. The van der Waals surface area contributed by atoms with Crippen LogP contribution in [0.25, 0.3) is 0 Å². The molecule has 1 aliphatic rings. The molecule has 0 saturated carbocycles. The van der Waals surface area contributed by atoms with E-state index in [9.17, 15) is 19.5 Å². The second kappa shape index (κ2) is 14.7. The van der Waals surface area contributed by atoms with Crippen molar-refractivity contribution in [3.63, 3.8) is 0 Å². The molecule has 0 aromatic heterocycles. The lowest BCUT2D eigenvalue weighted by molar-refractivity contribution is -0.305. The van der Waals surface area contributed by atoms with Crippen molar-refractivity contribution in [1.82, 2.24) is 9.80 Å². The maximum atomic E-state index is 13.2. The number of hydrogen-bond acceptors (Lipinski definition) is 7. The molecule has 1 heterocycles. The average molecular weight is 642 g/mol. The Labute approximate surface area is 267 Å². The molecule has 0 spiro atoms. The predicted molar refractivity (Wildman–Crippen MR) is 168 cm³/mol. The minimum Gasteiger partial charge on any atom is -0.548 e. The zero-order chi connectivity index (χ0) is 31.9. The molecule has 0 unspecified atom stereocenters. The standard InChI is InChI=1S/C33H37Cl2N3O6/c1-33(2,3)44-32(42)37-17-15-26(16-18-37)43-25-13-7-22(8-14-25)19-36-29-6-4-5-28(35)27(29)20-38(21-30(39)40)31(41)23-9-11-24(34)12-10-23/h4-14,26,36H,15-21H2,1-3H3,(H,39,40)/p-1. The van der Waals surface area contributed by atoms with Crippen LogP contribution in [0.1, 0.15) is 55.1 Å². The molecule has 0 bridgehead atoms. The van der Waals surface area contributed by atoms with Crippen molar-refractivity contribution in [2.24, 2.45) is 0 Å². The number of benzene rings is 3. The van der Waals surface area contributed by atoms with E-state index in [4.69, 9.17) is 32.7 Å². The number of carboxylic acid groups (broad SMARTS) is 1. The minimum atomic E-state index is -1.38. The van der Waals surface area contributed by atoms with Gasteiger partial charge in [0.1, 0.15) is 17.5 Å². The van der Waals surface area contributed by atoms with Gasteiger partial charge in [-0.15, -0.1) is 0 Å². The third-order valence-corrected chi connectivity index (χ3v) is 7.58. The summed E-state index contributed by atoms with van der Waals surface area (Å²) in [6.07, 6.45) is 1.15. The molecule has 1 fully saturated rings. The quantitative estimate of drug-likeness (QED) is 0.299. The number of carbonyl (C=O) groups excluding carboxylic acids is 3. The smallest absolute Gasteiger partial charge is 0.410 e. The molecule has 2 amide bonds. The van der Waals surface area contributed by atoms with Crippen molar-refractivity contribution in [2.75, 3.05) is 25.0 Å². The molecule has 3 aromatic carbocycles.